The Morgan fingerprint density at radius 3 is 2.21 bits per heavy atom. The van der Waals surface area contributed by atoms with E-state index in [9.17, 15) is 4.79 Å². The van der Waals surface area contributed by atoms with Gasteiger partial charge in [0, 0.05) is 24.2 Å². The Hall–Kier alpha value is -4.26. The van der Waals surface area contributed by atoms with Crippen LogP contribution in [0.4, 0.5) is 0 Å². The molecule has 4 aromatic rings. The number of carbonyl (C=O) groups is 1. The normalized spacial score (nSPS) is 10.6. The minimum atomic E-state index is -0.113. The van der Waals surface area contributed by atoms with E-state index >= 15 is 0 Å². The highest BCUT2D eigenvalue weighted by Gasteiger charge is 2.20. The minimum absolute atomic E-state index is 0.113. The number of hydrogen-bond acceptors (Lipinski definition) is 6. The number of benzene rings is 3. The third kappa shape index (κ3) is 5.20. The summed E-state index contributed by atoms with van der Waals surface area (Å²) < 4.78 is 21.6. The molecule has 1 aromatic heterocycles. The Bertz CT molecular complexity index is 1240. The van der Waals surface area contributed by atoms with E-state index in [1.165, 1.54) is 0 Å². The Balaban J connectivity index is 1.60. The molecule has 1 heterocycles. The maximum absolute atomic E-state index is 13.4. The second-order valence-electron chi connectivity index (χ2n) is 7.62. The van der Waals surface area contributed by atoms with Gasteiger partial charge in [-0.3, -0.25) is 4.79 Å². The van der Waals surface area contributed by atoms with Crippen molar-refractivity contribution >= 4 is 5.91 Å². The van der Waals surface area contributed by atoms with Gasteiger partial charge in [0.15, 0.2) is 5.76 Å². The van der Waals surface area contributed by atoms with Crippen LogP contribution < -0.4 is 14.2 Å². The van der Waals surface area contributed by atoms with Crippen molar-refractivity contribution in [3.63, 3.8) is 0 Å². The van der Waals surface area contributed by atoms with Crippen molar-refractivity contribution in [1.29, 1.82) is 0 Å². The second-order valence-corrected chi connectivity index (χ2v) is 7.62. The van der Waals surface area contributed by atoms with Crippen LogP contribution in [0.15, 0.2) is 83.4 Å². The average molecular weight is 459 g/mol. The molecule has 7 heteroatoms. The Morgan fingerprint density at radius 1 is 0.824 bits per heavy atom. The molecule has 0 aliphatic rings. The number of amides is 1. The lowest BCUT2D eigenvalue weighted by Gasteiger charge is -2.22. The van der Waals surface area contributed by atoms with E-state index in [0.29, 0.717) is 40.8 Å². The molecule has 0 aliphatic carbocycles. The number of ether oxygens (including phenoxy) is 3. The molecule has 0 unspecified atom stereocenters. The van der Waals surface area contributed by atoms with Crippen molar-refractivity contribution in [2.45, 2.75) is 13.1 Å². The molecule has 174 valence electrons. The summed E-state index contributed by atoms with van der Waals surface area (Å²) in [6.45, 7) is 0.710. The smallest absolute Gasteiger partial charge is 0.254 e. The summed E-state index contributed by atoms with van der Waals surface area (Å²) in [6, 6.07) is 24.2. The van der Waals surface area contributed by atoms with E-state index in [4.69, 9.17) is 18.7 Å². The molecule has 0 saturated heterocycles. The topological polar surface area (TPSA) is 74.0 Å². The molecule has 0 N–H and O–H groups in total. The third-order valence-electron chi connectivity index (χ3n) is 5.43. The van der Waals surface area contributed by atoms with Crippen LogP contribution in [0.1, 0.15) is 21.6 Å². The first kappa shape index (κ1) is 22.9. The molecular formula is C27H26N2O5. The molecule has 0 radical (unpaired) electrons. The van der Waals surface area contributed by atoms with Crippen molar-refractivity contribution in [3.8, 4) is 28.6 Å². The summed E-state index contributed by atoms with van der Waals surface area (Å²) >= 11 is 0. The van der Waals surface area contributed by atoms with Crippen LogP contribution in [0.25, 0.3) is 11.3 Å². The van der Waals surface area contributed by atoms with Gasteiger partial charge in [0.05, 0.1) is 33.4 Å². The quantitative estimate of drug-likeness (QED) is 0.343. The summed E-state index contributed by atoms with van der Waals surface area (Å²) in [5.41, 5.74) is 2.96. The van der Waals surface area contributed by atoms with Gasteiger partial charge in [0.1, 0.15) is 22.9 Å². The fraction of sp³-hybridized carbons (Fsp3) is 0.185. The van der Waals surface area contributed by atoms with Crippen LogP contribution in [0.3, 0.4) is 0 Å². The Kier molecular flexibility index (Phi) is 7.13. The zero-order valence-electron chi connectivity index (χ0n) is 19.4. The van der Waals surface area contributed by atoms with Crippen LogP contribution in [-0.2, 0) is 13.1 Å². The van der Waals surface area contributed by atoms with Crippen LogP contribution >= 0.6 is 0 Å². The number of nitrogens with zero attached hydrogens (tertiary/aromatic N) is 2. The summed E-state index contributed by atoms with van der Waals surface area (Å²) in [5, 5.41) is 4.22. The van der Waals surface area contributed by atoms with Crippen LogP contribution in [0.2, 0.25) is 0 Å². The van der Waals surface area contributed by atoms with Gasteiger partial charge in [-0.25, -0.2) is 0 Å². The van der Waals surface area contributed by atoms with Gasteiger partial charge in [-0.15, -0.1) is 0 Å². The molecule has 0 bridgehead atoms. The fourth-order valence-corrected chi connectivity index (χ4v) is 3.63. The molecular weight excluding hydrogens is 432 g/mol. The molecule has 0 fully saturated rings. The summed E-state index contributed by atoms with van der Waals surface area (Å²) in [4.78, 5) is 15.1. The molecule has 3 aromatic carbocycles. The largest absolute Gasteiger partial charge is 0.497 e. The van der Waals surface area contributed by atoms with E-state index in [2.05, 4.69) is 5.16 Å². The first-order valence-electron chi connectivity index (χ1n) is 10.8. The first-order valence-corrected chi connectivity index (χ1v) is 10.8. The molecule has 0 saturated carbocycles. The summed E-state index contributed by atoms with van der Waals surface area (Å²) in [6.07, 6.45) is 0. The highest BCUT2D eigenvalue weighted by molar-refractivity contribution is 5.94. The van der Waals surface area contributed by atoms with E-state index in [1.807, 2.05) is 48.5 Å². The van der Waals surface area contributed by atoms with Crippen molar-refractivity contribution in [2.75, 3.05) is 21.3 Å². The predicted octanol–water partition coefficient (Wildman–Crippen LogP) is 5.21. The fourth-order valence-electron chi connectivity index (χ4n) is 3.63. The molecule has 0 aliphatic heterocycles. The maximum Gasteiger partial charge on any atom is 0.254 e. The SMILES string of the molecule is COc1ccc(C(=O)N(Cc2ccccc2)Cc2cc(-c3ccc(OC)cc3OC)on2)cc1. The molecule has 0 spiro atoms. The molecule has 4 rings (SSSR count). The molecule has 0 atom stereocenters. The van der Waals surface area contributed by atoms with Crippen LogP contribution in [-0.4, -0.2) is 37.3 Å². The van der Waals surface area contributed by atoms with E-state index in [0.717, 1.165) is 11.1 Å². The zero-order chi connectivity index (χ0) is 23.9. The van der Waals surface area contributed by atoms with Gasteiger partial charge >= 0.3 is 0 Å². The number of methoxy groups -OCH3 is 3. The number of rotatable bonds is 9. The van der Waals surface area contributed by atoms with Crippen molar-refractivity contribution in [2.24, 2.45) is 0 Å². The standard InChI is InChI=1S/C27H26N2O5/c1-31-22-11-9-20(10-12-22)27(30)29(17-19-7-5-4-6-8-19)18-21-15-26(34-28-21)24-14-13-23(32-2)16-25(24)33-3/h4-16H,17-18H2,1-3H3. The van der Waals surface area contributed by atoms with Crippen molar-refractivity contribution in [3.05, 3.63) is 95.7 Å². The maximum atomic E-state index is 13.4. The number of hydrogen-bond donors (Lipinski definition) is 0. The zero-order valence-corrected chi connectivity index (χ0v) is 19.4. The second kappa shape index (κ2) is 10.6. The van der Waals surface area contributed by atoms with Gasteiger partial charge in [0.25, 0.3) is 5.91 Å². The number of aromatic nitrogens is 1. The summed E-state index contributed by atoms with van der Waals surface area (Å²) in [7, 11) is 4.78. The minimum Gasteiger partial charge on any atom is -0.497 e. The van der Waals surface area contributed by atoms with Crippen molar-refractivity contribution < 1.29 is 23.5 Å². The Morgan fingerprint density at radius 2 is 1.53 bits per heavy atom. The van der Waals surface area contributed by atoms with E-state index in [-0.39, 0.29) is 12.5 Å². The van der Waals surface area contributed by atoms with Crippen LogP contribution in [0, 0.1) is 0 Å². The van der Waals surface area contributed by atoms with E-state index in [1.54, 1.807) is 56.6 Å². The molecule has 1 amide bonds. The lowest BCUT2D eigenvalue weighted by atomic mass is 10.1. The monoisotopic (exact) mass is 458 g/mol. The first-order chi connectivity index (χ1) is 16.6. The number of carbonyl (C=O) groups excluding carboxylic acids is 1. The van der Waals surface area contributed by atoms with Gasteiger partial charge in [-0.05, 0) is 42.0 Å². The average Bonchev–Trinajstić information content (AvgIpc) is 3.36. The lowest BCUT2D eigenvalue weighted by molar-refractivity contribution is 0.0726. The lowest BCUT2D eigenvalue weighted by Crippen LogP contribution is -2.30. The van der Waals surface area contributed by atoms with Crippen LogP contribution in [0.5, 0.6) is 17.2 Å². The third-order valence-corrected chi connectivity index (χ3v) is 5.43. The van der Waals surface area contributed by atoms with Gasteiger partial charge in [-0.1, -0.05) is 35.5 Å². The Labute approximate surface area is 198 Å². The predicted molar refractivity (Wildman–Crippen MR) is 128 cm³/mol. The molecule has 34 heavy (non-hydrogen) atoms. The highest BCUT2D eigenvalue weighted by atomic mass is 16.5. The van der Waals surface area contributed by atoms with Crippen molar-refractivity contribution in [1.82, 2.24) is 10.1 Å². The van der Waals surface area contributed by atoms with Gasteiger partial charge in [0.2, 0.25) is 0 Å². The van der Waals surface area contributed by atoms with Gasteiger partial charge < -0.3 is 23.6 Å². The highest BCUT2D eigenvalue weighted by Crippen LogP contribution is 2.34. The molecule has 7 nitrogen and oxygen atoms in total. The summed E-state index contributed by atoms with van der Waals surface area (Å²) in [5.74, 6) is 2.42. The van der Waals surface area contributed by atoms with E-state index < -0.39 is 0 Å². The van der Waals surface area contributed by atoms with Gasteiger partial charge in [-0.2, -0.15) is 0 Å².